The van der Waals surface area contributed by atoms with Gasteiger partial charge in [-0.05, 0) is 24.1 Å². The summed E-state index contributed by atoms with van der Waals surface area (Å²) in [6, 6.07) is 8.69. The van der Waals surface area contributed by atoms with Gasteiger partial charge in [0.2, 0.25) is 0 Å². The molecule has 1 N–H and O–H groups in total. The zero-order chi connectivity index (χ0) is 14.1. The van der Waals surface area contributed by atoms with Crippen LogP contribution in [0.25, 0.3) is 6.08 Å². The summed E-state index contributed by atoms with van der Waals surface area (Å²) in [5.41, 5.74) is 2.63. The standard InChI is InChI=1S/C17H25NO/c1-5-11-19-17-9-7-16(8-10-17)12-15(6-2)13-18-14(3)4/h5,7-10,12,14,18H,1,6,11,13H2,2-4H3. The van der Waals surface area contributed by atoms with E-state index in [-0.39, 0.29) is 0 Å². The van der Waals surface area contributed by atoms with Crippen molar-refractivity contribution in [3.8, 4) is 5.75 Å². The smallest absolute Gasteiger partial charge is 0.119 e. The van der Waals surface area contributed by atoms with Crippen molar-refractivity contribution in [1.82, 2.24) is 5.32 Å². The monoisotopic (exact) mass is 259 g/mol. The topological polar surface area (TPSA) is 21.3 Å². The van der Waals surface area contributed by atoms with Gasteiger partial charge in [-0.25, -0.2) is 0 Å². The number of hydrogen-bond acceptors (Lipinski definition) is 2. The van der Waals surface area contributed by atoms with E-state index < -0.39 is 0 Å². The molecule has 0 radical (unpaired) electrons. The fourth-order valence-corrected chi connectivity index (χ4v) is 1.66. The maximum Gasteiger partial charge on any atom is 0.119 e. The normalized spacial score (nSPS) is 11.7. The van der Waals surface area contributed by atoms with Gasteiger partial charge in [-0.2, -0.15) is 0 Å². The Morgan fingerprint density at radius 3 is 2.53 bits per heavy atom. The molecule has 0 atom stereocenters. The van der Waals surface area contributed by atoms with Gasteiger partial charge in [0.15, 0.2) is 0 Å². The van der Waals surface area contributed by atoms with Crippen LogP contribution in [0.15, 0.2) is 42.5 Å². The van der Waals surface area contributed by atoms with Crippen LogP contribution in [0.5, 0.6) is 5.75 Å². The maximum atomic E-state index is 5.47. The Kier molecular flexibility index (Phi) is 6.98. The molecular formula is C17H25NO. The summed E-state index contributed by atoms with van der Waals surface area (Å²) in [7, 11) is 0. The molecule has 19 heavy (non-hydrogen) atoms. The molecule has 1 rings (SSSR count). The minimum atomic E-state index is 0.518. The Bertz CT molecular complexity index is 404. The molecule has 0 fully saturated rings. The molecule has 0 saturated carbocycles. The van der Waals surface area contributed by atoms with Crippen LogP contribution >= 0.6 is 0 Å². The molecular weight excluding hydrogens is 234 g/mol. The van der Waals surface area contributed by atoms with Crippen LogP contribution in [0.4, 0.5) is 0 Å². The van der Waals surface area contributed by atoms with E-state index in [0.717, 1.165) is 18.7 Å². The quantitative estimate of drug-likeness (QED) is 0.711. The van der Waals surface area contributed by atoms with Crippen molar-refractivity contribution >= 4 is 6.08 Å². The van der Waals surface area contributed by atoms with Crippen molar-refractivity contribution in [2.75, 3.05) is 13.2 Å². The number of nitrogens with one attached hydrogen (secondary N) is 1. The molecule has 0 amide bonds. The van der Waals surface area contributed by atoms with Crippen molar-refractivity contribution in [1.29, 1.82) is 0 Å². The SMILES string of the molecule is C=CCOc1ccc(C=C(CC)CNC(C)C)cc1. The second kappa shape index (κ2) is 8.54. The molecule has 2 heteroatoms. The third-order valence-corrected chi connectivity index (χ3v) is 2.81. The number of hydrogen-bond donors (Lipinski definition) is 1. The Morgan fingerprint density at radius 2 is 2.00 bits per heavy atom. The van der Waals surface area contributed by atoms with Crippen molar-refractivity contribution in [3.05, 3.63) is 48.1 Å². The van der Waals surface area contributed by atoms with Crippen LogP contribution in [-0.2, 0) is 0 Å². The molecule has 0 aromatic heterocycles. The van der Waals surface area contributed by atoms with Gasteiger partial charge in [0.1, 0.15) is 12.4 Å². The minimum Gasteiger partial charge on any atom is -0.490 e. The van der Waals surface area contributed by atoms with E-state index >= 15 is 0 Å². The summed E-state index contributed by atoms with van der Waals surface area (Å²) in [6.07, 6.45) is 5.06. The molecule has 0 spiro atoms. The van der Waals surface area contributed by atoms with E-state index in [1.54, 1.807) is 6.08 Å². The van der Waals surface area contributed by atoms with Gasteiger partial charge < -0.3 is 10.1 Å². The third kappa shape index (κ3) is 6.25. The lowest BCUT2D eigenvalue weighted by Crippen LogP contribution is -2.24. The van der Waals surface area contributed by atoms with Crippen LogP contribution in [0.1, 0.15) is 32.8 Å². The molecule has 0 heterocycles. The average molecular weight is 259 g/mol. The van der Waals surface area contributed by atoms with Crippen molar-refractivity contribution in [3.63, 3.8) is 0 Å². The maximum absolute atomic E-state index is 5.47. The van der Waals surface area contributed by atoms with E-state index in [4.69, 9.17) is 4.74 Å². The highest BCUT2D eigenvalue weighted by Gasteiger charge is 1.98. The lowest BCUT2D eigenvalue weighted by atomic mass is 10.1. The molecule has 0 aliphatic heterocycles. The Hall–Kier alpha value is -1.54. The molecule has 1 aromatic carbocycles. The Morgan fingerprint density at radius 1 is 1.32 bits per heavy atom. The van der Waals surface area contributed by atoms with E-state index in [1.807, 2.05) is 12.1 Å². The van der Waals surface area contributed by atoms with Crippen molar-refractivity contribution in [2.24, 2.45) is 0 Å². The van der Waals surface area contributed by atoms with Gasteiger partial charge >= 0.3 is 0 Å². The zero-order valence-electron chi connectivity index (χ0n) is 12.3. The summed E-state index contributed by atoms with van der Waals surface area (Å²) in [4.78, 5) is 0. The summed E-state index contributed by atoms with van der Waals surface area (Å²) in [6.45, 7) is 11.7. The van der Waals surface area contributed by atoms with E-state index in [9.17, 15) is 0 Å². The summed E-state index contributed by atoms with van der Waals surface area (Å²) in [5, 5.41) is 3.45. The predicted octanol–water partition coefficient (Wildman–Crippen LogP) is 4.04. The third-order valence-electron chi connectivity index (χ3n) is 2.81. The van der Waals surface area contributed by atoms with E-state index in [1.165, 1.54) is 11.1 Å². The lowest BCUT2D eigenvalue weighted by Gasteiger charge is -2.10. The summed E-state index contributed by atoms with van der Waals surface area (Å²) < 4.78 is 5.47. The second-order valence-electron chi connectivity index (χ2n) is 4.86. The molecule has 0 aliphatic carbocycles. The molecule has 0 saturated heterocycles. The highest BCUT2D eigenvalue weighted by Crippen LogP contribution is 2.15. The molecule has 0 aliphatic rings. The Balaban J connectivity index is 2.64. The van der Waals surface area contributed by atoms with Crippen LogP contribution in [0.3, 0.4) is 0 Å². The molecule has 0 unspecified atom stereocenters. The summed E-state index contributed by atoms with van der Waals surface area (Å²) >= 11 is 0. The number of benzene rings is 1. The predicted molar refractivity (Wildman–Crippen MR) is 83.5 cm³/mol. The van der Waals surface area contributed by atoms with Gasteiger partial charge in [0.05, 0.1) is 0 Å². The number of ether oxygens (including phenoxy) is 1. The fraction of sp³-hybridized carbons (Fsp3) is 0.412. The van der Waals surface area contributed by atoms with Crippen molar-refractivity contribution < 1.29 is 4.74 Å². The second-order valence-corrected chi connectivity index (χ2v) is 4.86. The highest BCUT2D eigenvalue weighted by atomic mass is 16.5. The average Bonchev–Trinajstić information content (AvgIpc) is 2.42. The van der Waals surface area contributed by atoms with Crippen LogP contribution in [0, 0.1) is 0 Å². The van der Waals surface area contributed by atoms with Gasteiger partial charge in [-0.15, -0.1) is 0 Å². The Labute approximate surface area is 117 Å². The molecule has 104 valence electrons. The lowest BCUT2D eigenvalue weighted by molar-refractivity contribution is 0.363. The van der Waals surface area contributed by atoms with Crippen LogP contribution in [0.2, 0.25) is 0 Å². The van der Waals surface area contributed by atoms with Crippen LogP contribution in [-0.4, -0.2) is 19.2 Å². The molecule has 1 aromatic rings. The first-order valence-electron chi connectivity index (χ1n) is 6.92. The van der Waals surface area contributed by atoms with E-state index in [2.05, 4.69) is 50.9 Å². The fourth-order valence-electron chi connectivity index (χ4n) is 1.66. The van der Waals surface area contributed by atoms with Crippen LogP contribution < -0.4 is 10.1 Å². The first-order chi connectivity index (χ1) is 9.15. The zero-order valence-corrected chi connectivity index (χ0v) is 12.3. The van der Waals surface area contributed by atoms with Gasteiger partial charge in [-0.3, -0.25) is 0 Å². The van der Waals surface area contributed by atoms with Gasteiger partial charge in [0.25, 0.3) is 0 Å². The number of rotatable bonds is 8. The summed E-state index contributed by atoms with van der Waals surface area (Å²) in [5.74, 6) is 0.885. The van der Waals surface area contributed by atoms with Crippen molar-refractivity contribution in [2.45, 2.75) is 33.2 Å². The first-order valence-corrected chi connectivity index (χ1v) is 6.92. The molecule has 0 bridgehead atoms. The van der Waals surface area contributed by atoms with E-state index in [0.29, 0.717) is 12.6 Å². The van der Waals surface area contributed by atoms with Gasteiger partial charge in [-0.1, -0.05) is 57.2 Å². The van der Waals surface area contributed by atoms with Gasteiger partial charge in [0, 0.05) is 12.6 Å². The highest BCUT2D eigenvalue weighted by molar-refractivity contribution is 5.54. The minimum absolute atomic E-state index is 0.518. The first kappa shape index (κ1) is 15.5. The molecule has 2 nitrogen and oxygen atoms in total. The largest absolute Gasteiger partial charge is 0.490 e.